The molecule has 3 heterocycles. The van der Waals surface area contributed by atoms with Gasteiger partial charge in [-0.2, -0.15) is 0 Å². The molecule has 1 aromatic carbocycles. The highest BCUT2D eigenvalue weighted by molar-refractivity contribution is 6.06. The Kier molecular flexibility index (Phi) is 5.88. The van der Waals surface area contributed by atoms with Gasteiger partial charge in [-0.25, -0.2) is 9.97 Å². The van der Waals surface area contributed by atoms with Crippen LogP contribution in [0.3, 0.4) is 0 Å². The predicted molar refractivity (Wildman–Crippen MR) is 121 cm³/mol. The maximum Gasteiger partial charge on any atom is 0.278 e. The molecule has 1 amide bonds. The Labute approximate surface area is 185 Å². The molecule has 6 N–H and O–H groups in total. The second-order valence-electron chi connectivity index (χ2n) is 8.11. The fraction of sp³-hybridized carbons (Fsp3) is 0.304. The zero-order valence-corrected chi connectivity index (χ0v) is 17.9. The van der Waals surface area contributed by atoms with Crippen LogP contribution in [-0.2, 0) is 4.74 Å². The Morgan fingerprint density at radius 2 is 2.00 bits per heavy atom. The Morgan fingerprint density at radius 3 is 2.72 bits per heavy atom. The summed E-state index contributed by atoms with van der Waals surface area (Å²) in [6.45, 7) is 3.44. The number of amides is 1. The Morgan fingerprint density at radius 1 is 1.25 bits per heavy atom. The van der Waals surface area contributed by atoms with Gasteiger partial charge >= 0.3 is 0 Å². The van der Waals surface area contributed by atoms with Crippen LogP contribution in [0.4, 0.5) is 11.5 Å². The number of aromatic nitrogens is 3. The fourth-order valence-corrected chi connectivity index (χ4v) is 3.70. The minimum atomic E-state index is -1.14. The van der Waals surface area contributed by atoms with Crippen LogP contribution in [-0.4, -0.2) is 43.7 Å². The van der Waals surface area contributed by atoms with Crippen LogP contribution >= 0.6 is 0 Å². The second kappa shape index (κ2) is 8.62. The van der Waals surface area contributed by atoms with Crippen LogP contribution in [0.5, 0.6) is 0 Å². The molecule has 9 nitrogen and oxygen atoms in total. The van der Waals surface area contributed by atoms with E-state index < -0.39 is 29.8 Å². The first-order chi connectivity index (χ1) is 15.3. The first-order valence-electron chi connectivity index (χ1n) is 10.3. The number of aliphatic hydroxyl groups is 1. The summed E-state index contributed by atoms with van der Waals surface area (Å²) >= 11 is 0. The standard InChI is InChI=1S/C23H26N6O3/c1-13-23(2,31)19(24)10-18(32-13)15-8-9-26-11-17(15)29-22(30)20-21(25)27-12-16(28-20)14-6-4-3-5-7-14/h3-9,11-13,18-19,31H,10,24H2,1-2H3,(H2,25,27)(H,29,30)/t13-,18-,19-,23-/m0/s1. The lowest BCUT2D eigenvalue weighted by molar-refractivity contribution is -0.171. The maximum absolute atomic E-state index is 13.1. The van der Waals surface area contributed by atoms with Gasteiger partial charge in [0.1, 0.15) is 5.60 Å². The molecule has 4 atom stereocenters. The molecule has 2 aromatic heterocycles. The monoisotopic (exact) mass is 434 g/mol. The molecule has 0 aliphatic carbocycles. The molecule has 4 rings (SSSR count). The van der Waals surface area contributed by atoms with Crippen molar-refractivity contribution in [1.82, 2.24) is 15.0 Å². The van der Waals surface area contributed by atoms with Gasteiger partial charge in [-0.1, -0.05) is 30.3 Å². The highest BCUT2D eigenvalue weighted by Crippen LogP contribution is 2.38. The smallest absolute Gasteiger partial charge is 0.278 e. The number of carbonyl (C=O) groups excluding carboxylic acids is 1. The lowest BCUT2D eigenvalue weighted by Gasteiger charge is -2.44. The molecule has 0 radical (unpaired) electrons. The average Bonchev–Trinajstić information content (AvgIpc) is 2.78. The first-order valence-corrected chi connectivity index (χ1v) is 10.3. The number of nitrogen functional groups attached to an aromatic ring is 1. The Bertz CT molecular complexity index is 1110. The molecule has 1 fully saturated rings. The van der Waals surface area contributed by atoms with Crippen molar-refractivity contribution in [3.63, 3.8) is 0 Å². The molecule has 0 bridgehead atoms. The average molecular weight is 435 g/mol. The van der Waals surface area contributed by atoms with Gasteiger partial charge in [-0.05, 0) is 26.3 Å². The molecule has 9 heteroatoms. The number of anilines is 2. The van der Waals surface area contributed by atoms with Crippen LogP contribution in [0.1, 0.15) is 42.4 Å². The zero-order chi connectivity index (χ0) is 22.9. The van der Waals surface area contributed by atoms with E-state index in [1.54, 1.807) is 26.1 Å². The highest BCUT2D eigenvalue weighted by Gasteiger charge is 2.43. The number of nitrogens with zero attached hydrogens (tertiary/aromatic N) is 3. The third-order valence-corrected chi connectivity index (χ3v) is 5.95. The summed E-state index contributed by atoms with van der Waals surface area (Å²) in [6.07, 6.45) is 4.15. The van der Waals surface area contributed by atoms with Gasteiger partial charge in [0.15, 0.2) is 11.5 Å². The van der Waals surface area contributed by atoms with E-state index >= 15 is 0 Å². The normalized spacial score (nSPS) is 25.3. The third-order valence-electron chi connectivity index (χ3n) is 5.95. The Hall–Kier alpha value is -3.40. The summed E-state index contributed by atoms with van der Waals surface area (Å²) in [6, 6.07) is 10.7. The summed E-state index contributed by atoms with van der Waals surface area (Å²) in [5.41, 5.74) is 13.5. The lowest BCUT2D eigenvalue weighted by Crippen LogP contribution is -2.58. The molecule has 1 aliphatic rings. The zero-order valence-electron chi connectivity index (χ0n) is 17.9. The van der Waals surface area contributed by atoms with E-state index in [2.05, 4.69) is 20.3 Å². The maximum atomic E-state index is 13.1. The van der Waals surface area contributed by atoms with Gasteiger partial charge in [-0.3, -0.25) is 9.78 Å². The topological polar surface area (TPSA) is 149 Å². The van der Waals surface area contributed by atoms with Crippen molar-refractivity contribution in [3.05, 3.63) is 66.2 Å². The van der Waals surface area contributed by atoms with E-state index in [1.165, 1.54) is 12.4 Å². The van der Waals surface area contributed by atoms with E-state index in [9.17, 15) is 9.90 Å². The number of pyridine rings is 1. The SMILES string of the molecule is C[C@@H]1O[C@H](c2ccncc2NC(=O)c2nc(-c3ccccc3)cnc2N)C[C@H](N)[C@@]1(C)O. The Balaban J connectivity index is 1.61. The summed E-state index contributed by atoms with van der Waals surface area (Å²) in [7, 11) is 0. The van der Waals surface area contributed by atoms with Crippen LogP contribution in [0.2, 0.25) is 0 Å². The van der Waals surface area contributed by atoms with E-state index in [0.717, 1.165) is 5.56 Å². The fourth-order valence-electron chi connectivity index (χ4n) is 3.70. The number of carbonyl (C=O) groups is 1. The molecule has 3 aromatic rings. The van der Waals surface area contributed by atoms with Crippen molar-refractivity contribution in [2.45, 2.75) is 44.1 Å². The van der Waals surface area contributed by atoms with E-state index in [0.29, 0.717) is 23.4 Å². The van der Waals surface area contributed by atoms with Crippen LogP contribution in [0.25, 0.3) is 11.3 Å². The first kappa shape index (κ1) is 21.8. The number of hydrogen-bond acceptors (Lipinski definition) is 8. The third kappa shape index (κ3) is 4.18. The van der Waals surface area contributed by atoms with E-state index in [4.69, 9.17) is 16.2 Å². The summed E-state index contributed by atoms with van der Waals surface area (Å²) in [5.74, 6) is -0.490. The number of ether oxygens (including phenoxy) is 1. The molecular formula is C23H26N6O3. The van der Waals surface area contributed by atoms with Gasteiger partial charge in [0.05, 0.1) is 36.0 Å². The van der Waals surface area contributed by atoms with Crippen molar-refractivity contribution in [1.29, 1.82) is 0 Å². The summed E-state index contributed by atoms with van der Waals surface area (Å²) in [4.78, 5) is 25.7. The van der Waals surface area contributed by atoms with Crippen molar-refractivity contribution in [2.75, 3.05) is 11.1 Å². The van der Waals surface area contributed by atoms with E-state index in [1.807, 2.05) is 30.3 Å². The van der Waals surface area contributed by atoms with Crippen LogP contribution in [0, 0.1) is 0 Å². The quantitative estimate of drug-likeness (QED) is 0.489. The molecule has 166 valence electrons. The highest BCUT2D eigenvalue weighted by atomic mass is 16.5. The predicted octanol–water partition coefficient (Wildman–Crippen LogP) is 2.30. The number of benzene rings is 1. The molecule has 0 spiro atoms. The molecule has 1 aliphatic heterocycles. The minimum Gasteiger partial charge on any atom is -0.386 e. The van der Waals surface area contributed by atoms with E-state index in [-0.39, 0.29) is 11.5 Å². The lowest BCUT2D eigenvalue weighted by atomic mass is 9.83. The number of nitrogens with one attached hydrogen (secondary N) is 1. The van der Waals surface area contributed by atoms with Crippen molar-refractivity contribution in [2.24, 2.45) is 5.73 Å². The number of rotatable bonds is 4. The van der Waals surface area contributed by atoms with Crippen LogP contribution in [0.15, 0.2) is 55.0 Å². The summed E-state index contributed by atoms with van der Waals surface area (Å²) < 4.78 is 6.02. The number of hydrogen-bond donors (Lipinski definition) is 4. The van der Waals surface area contributed by atoms with Gasteiger partial charge in [0.2, 0.25) is 0 Å². The molecule has 1 saturated heterocycles. The van der Waals surface area contributed by atoms with Gasteiger partial charge < -0.3 is 26.6 Å². The van der Waals surface area contributed by atoms with Crippen molar-refractivity contribution in [3.8, 4) is 11.3 Å². The molecule has 0 saturated carbocycles. The minimum absolute atomic E-state index is 0.0127. The molecule has 0 unspecified atom stereocenters. The second-order valence-corrected chi connectivity index (χ2v) is 8.11. The van der Waals surface area contributed by atoms with Crippen molar-refractivity contribution >= 4 is 17.4 Å². The van der Waals surface area contributed by atoms with Gasteiger partial charge in [0, 0.05) is 23.4 Å². The van der Waals surface area contributed by atoms with Gasteiger partial charge in [-0.15, -0.1) is 0 Å². The molecular weight excluding hydrogens is 408 g/mol. The van der Waals surface area contributed by atoms with Crippen LogP contribution < -0.4 is 16.8 Å². The van der Waals surface area contributed by atoms with Crippen molar-refractivity contribution < 1.29 is 14.6 Å². The molecule has 32 heavy (non-hydrogen) atoms. The largest absolute Gasteiger partial charge is 0.386 e. The summed E-state index contributed by atoms with van der Waals surface area (Å²) in [5, 5.41) is 13.4. The number of nitrogens with two attached hydrogens (primary N) is 2. The van der Waals surface area contributed by atoms with Gasteiger partial charge in [0.25, 0.3) is 5.91 Å².